The lowest BCUT2D eigenvalue weighted by Crippen LogP contribution is -2.44. The number of aromatic nitrogens is 2. The van der Waals surface area contributed by atoms with Gasteiger partial charge >= 0.3 is 5.97 Å². The molecule has 1 N–H and O–H groups in total. The fraction of sp³-hybridized carbons (Fsp3) is 0.500. The third-order valence-electron chi connectivity index (χ3n) is 2.57. The second-order valence-corrected chi connectivity index (χ2v) is 3.69. The molecule has 1 aromatic heterocycles. The minimum absolute atomic E-state index is 0.114. The minimum Gasteiger partial charge on any atom is -0.478 e. The van der Waals surface area contributed by atoms with Crippen LogP contribution in [0.5, 0.6) is 0 Å². The Labute approximate surface area is 92.9 Å². The van der Waals surface area contributed by atoms with Crippen molar-refractivity contribution in [2.75, 3.05) is 24.7 Å². The summed E-state index contributed by atoms with van der Waals surface area (Å²) in [5, 5.41) is 16.7. The van der Waals surface area contributed by atoms with Gasteiger partial charge in [0.15, 0.2) is 5.82 Å². The smallest absolute Gasteiger partial charge is 0.339 e. The summed E-state index contributed by atoms with van der Waals surface area (Å²) in [7, 11) is 0. The van der Waals surface area contributed by atoms with E-state index in [-0.39, 0.29) is 11.6 Å². The van der Waals surface area contributed by atoms with E-state index >= 15 is 0 Å². The molecule has 2 rings (SSSR count). The lowest BCUT2D eigenvalue weighted by molar-refractivity contribution is 0.0694. The summed E-state index contributed by atoms with van der Waals surface area (Å²) in [6, 6.07) is 1.58. The molecule has 0 aromatic carbocycles. The van der Waals surface area contributed by atoms with Gasteiger partial charge in [-0.3, -0.25) is 0 Å². The summed E-state index contributed by atoms with van der Waals surface area (Å²) in [4.78, 5) is 13.0. The Morgan fingerprint density at radius 2 is 2.50 bits per heavy atom. The molecule has 1 saturated heterocycles. The normalized spacial score (nSPS) is 20.8. The minimum atomic E-state index is -0.983. The molecule has 0 amide bonds. The van der Waals surface area contributed by atoms with E-state index in [0.29, 0.717) is 25.6 Å². The number of hydrogen-bond acceptors (Lipinski definition) is 5. The number of morpholine rings is 1. The van der Waals surface area contributed by atoms with Crippen LogP contribution in [0.3, 0.4) is 0 Å². The second kappa shape index (κ2) is 4.44. The molecule has 0 bridgehead atoms. The van der Waals surface area contributed by atoms with Crippen LogP contribution in [0.1, 0.15) is 17.3 Å². The van der Waals surface area contributed by atoms with E-state index in [4.69, 9.17) is 9.84 Å². The van der Waals surface area contributed by atoms with Crippen molar-refractivity contribution >= 4 is 11.8 Å². The van der Waals surface area contributed by atoms with Crippen LogP contribution in [0, 0.1) is 0 Å². The Bertz CT molecular complexity index is 397. The SMILES string of the molecule is CC1COCCN1c1nnccc1C(=O)O. The number of nitrogens with zero attached hydrogens (tertiary/aromatic N) is 3. The van der Waals surface area contributed by atoms with E-state index in [0.717, 1.165) is 0 Å². The highest BCUT2D eigenvalue weighted by Crippen LogP contribution is 2.20. The molecule has 1 aliphatic heterocycles. The Hall–Kier alpha value is -1.69. The second-order valence-electron chi connectivity index (χ2n) is 3.69. The van der Waals surface area contributed by atoms with Crippen molar-refractivity contribution in [2.24, 2.45) is 0 Å². The van der Waals surface area contributed by atoms with Crippen LogP contribution in [-0.2, 0) is 4.74 Å². The molecule has 0 spiro atoms. The summed E-state index contributed by atoms with van der Waals surface area (Å²) >= 11 is 0. The van der Waals surface area contributed by atoms with Gasteiger partial charge in [-0.2, -0.15) is 5.10 Å². The number of hydrogen-bond donors (Lipinski definition) is 1. The quantitative estimate of drug-likeness (QED) is 0.782. The number of carbonyl (C=O) groups is 1. The highest BCUT2D eigenvalue weighted by Gasteiger charge is 2.24. The third-order valence-corrected chi connectivity index (χ3v) is 2.57. The van der Waals surface area contributed by atoms with Gasteiger partial charge in [-0.15, -0.1) is 5.10 Å². The Morgan fingerprint density at radius 1 is 1.69 bits per heavy atom. The van der Waals surface area contributed by atoms with Gasteiger partial charge < -0.3 is 14.7 Å². The molecule has 1 unspecified atom stereocenters. The summed E-state index contributed by atoms with van der Waals surface area (Å²) in [6.07, 6.45) is 1.39. The fourth-order valence-corrected chi connectivity index (χ4v) is 1.75. The third kappa shape index (κ3) is 1.96. The molecule has 0 saturated carbocycles. The molecule has 0 aliphatic carbocycles. The van der Waals surface area contributed by atoms with Gasteiger partial charge in [-0.1, -0.05) is 0 Å². The van der Waals surface area contributed by atoms with Gasteiger partial charge in [0.25, 0.3) is 0 Å². The number of anilines is 1. The van der Waals surface area contributed by atoms with Crippen LogP contribution in [0.4, 0.5) is 5.82 Å². The highest BCUT2D eigenvalue weighted by molar-refractivity contribution is 5.93. The van der Waals surface area contributed by atoms with Gasteiger partial charge in [0.2, 0.25) is 0 Å². The molecule has 6 nitrogen and oxygen atoms in total. The maximum absolute atomic E-state index is 11.0. The Morgan fingerprint density at radius 3 is 3.19 bits per heavy atom. The largest absolute Gasteiger partial charge is 0.478 e. The van der Waals surface area contributed by atoms with E-state index < -0.39 is 5.97 Å². The molecule has 1 fully saturated rings. The standard InChI is InChI=1S/C10H13N3O3/c1-7-6-16-5-4-13(7)9-8(10(14)15)2-3-11-12-9/h2-3,7H,4-6H2,1H3,(H,14,15). The monoisotopic (exact) mass is 223 g/mol. The Kier molecular flexibility index (Phi) is 3.00. The number of rotatable bonds is 2. The van der Waals surface area contributed by atoms with Crippen molar-refractivity contribution in [2.45, 2.75) is 13.0 Å². The Balaban J connectivity index is 2.34. The van der Waals surface area contributed by atoms with E-state index in [1.54, 1.807) is 0 Å². The molecule has 1 aliphatic rings. The zero-order valence-electron chi connectivity index (χ0n) is 8.96. The molecular weight excluding hydrogens is 210 g/mol. The summed E-state index contributed by atoms with van der Waals surface area (Å²) in [5.74, 6) is -0.561. The van der Waals surface area contributed by atoms with Crippen molar-refractivity contribution in [1.82, 2.24) is 10.2 Å². The predicted molar refractivity (Wildman–Crippen MR) is 56.6 cm³/mol. The van der Waals surface area contributed by atoms with Gasteiger partial charge in [0, 0.05) is 6.54 Å². The van der Waals surface area contributed by atoms with Gasteiger partial charge in [0.1, 0.15) is 5.56 Å². The van der Waals surface area contributed by atoms with Crippen molar-refractivity contribution in [1.29, 1.82) is 0 Å². The maximum Gasteiger partial charge on any atom is 0.339 e. The van der Waals surface area contributed by atoms with Crippen molar-refractivity contribution < 1.29 is 14.6 Å². The first-order valence-electron chi connectivity index (χ1n) is 5.09. The highest BCUT2D eigenvalue weighted by atomic mass is 16.5. The van der Waals surface area contributed by atoms with Crippen LogP contribution in [0.15, 0.2) is 12.3 Å². The van der Waals surface area contributed by atoms with Crippen LogP contribution >= 0.6 is 0 Å². The van der Waals surface area contributed by atoms with Crippen LogP contribution in [0.25, 0.3) is 0 Å². The van der Waals surface area contributed by atoms with Gasteiger partial charge in [0.05, 0.1) is 25.5 Å². The topological polar surface area (TPSA) is 75.5 Å². The lowest BCUT2D eigenvalue weighted by atomic mass is 10.2. The molecule has 6 heteroatoms. The van der Waals surface area contributed by atoms with Gasteiger partial charge in [-0.05, 0) is 13.0 Å². The molecule has 16 heavy (non-hydrogen) atoms. The van der Waals surface area contributed by atoms with Gasteiger partial charge in [-0.25, -0.2) is 4.79 Å². The molecule has 1 aromatic rings. The zero-order valence-corrected chi connectivity index (χ0v) is 8.96. The average Bonchev–Trinajstić information content (AvgIpc) is 2.29. The molecule has 0 radical (unpaired) electrons. The number of carboxylic acid groups (broad SMARTS) is 1. The molecule has 2 heterocycles. The summed E-state index contributed by atoms with van der Waals surface area (Å²) in [6.45, 7) is 3.77. The number of carboxylic acids is 1. The van der Waals surface area contributed by atoms with Crippen LogP contribution in [-0.4, -0.2) is 47.1 Å². The zero-order chi connectivity index (χ0) is 11.5. The molecule has 1 atom stereocenters. The number of ether oxygens (including phenoxy) is 1. The van der Waals surface area contributed by atoms with E-state index in [1.165, 1.54) is 12.3 Å². The van der Waals surface area contributed by atoms with Crippen molar-refractivity contribution in [3.8, 4) is 0 Å². The van der Waals surface area contributed by atoms with Crippen molar-refractivity contribution in [3.63, 3.8) is 0 Å². The molecular formula is C10H13N3O3. The first-order chi connectivity index (χ1) is 7.70. The van der Waals surface area contributed by atoms with Crippen LogP contribution < -0.4 is 4.90 Å². The first kappa shape index (κ1) is 10.8. The van der Waals surface area contributed by atoms with Crippen molar-refractivity contribution in [3.05, 3.63) is 17.8 Å². The van der Waals surface area contributed by atoms with E-state index in [9.17, 15) is 4.79 Å². The number of aromatic carboxylic acids is 1. The van der Waals surface area contributed by atoms with E-state index in [1.807, 2.05) is 11.8 Å². The summed E-state index contributed by atoms with van der Waals surface area (Å²) < 4.78 is 5.30. The first-order valence-corrected chi connectivity index (χ1v) is 5.09. The maximum atomic E-state index is 11.0. The van der Waals surface area contributed by atoms with E-state index in [2.05, 4.69) is 10.2 Å². The van der Waals surface area contributed by atoms with Crippen LogP contribution in [0.2, 0.25) is 0 Å². The molecule has 86 valence electrons. The average molecular weight is 223 g/mol. The predicted octanol–water partition coefficient (Wildman–Crippen LogP) is 0.400. The lowest BCUT2D eigenvalue weighted by Gasteiger charge is -2.34. The fourth-order valence-electron chi connectivity index (χ4n) is 1.75. The summed E-state index contributed by atoms with van der Waals surface area (Å²) in [5.41, 5.74) is 0.184.